The highest BCUT2D eigenvalue weighted by Crippen LogP contribution is 2.10. The molecular weight excluding hydrogens is 284 g/mol. The van der Waals surface area contributed by atoms with Crippen LogP contribution in [0.15, 0.2) is 29.0 Å². The van der Waals surface area contributed by atoms with E-state index < -0.39 is 10.0 Å². The fourth-order valence-corrected chi connectivity index (χ4v) is 2.64. The van der Waals surface area contributed by atoms with Gasteiger partial charge in [0.05, 0.1) is 17.9 Å². The Labute approximate surface area is 107 Å². The molecule has 0 unspecified atom stereocenters. The van der Waals surface area contributed by atoms with Gasteiger partial charge in [0, 0.05) is 17.6 Å². The predicted octanol–water partition coefficient (Wildman–Crippen LogP) is 1.06. The van der Waals surface area contributed by atoms with Crippen LogP contribution in [0.3, 0.4) is 0 Å². The Balaban J connectivity index is 2.11. The Hall–Kier alpha value is -1.09. The lowest BCUT2D eigenvalue weighted by Gasteiger charge is -2.04. The van der Waals surface area contributed by atoms with E-state index >= 15 is 0 Å². The van der Waals surface area contributed by atoms with Crippen molar-refractivity contribution in [2.24, 2.45) is 0 Å². The summed E-state index contributed by atoms with van der Waals surface area (Å²) in [6.07, 6.45) is 3.92. The van der Waals surface area contributed by atoms with Crippen LogP contribution in [0.2, 0.25) is 5.28 Å². The number of nitrogens with one attached hydrogen (secondary N) is 1. The van der Waals surface area contributed by atoms with Crippen molar-refractivity contribution in [3.8, 4) is 0 Å². The summed E-state index contributed by atoms with van der Waals surface area (Å²) in [5.74, 6) is 0. The van der Waals surface area contributed by atoms with Gasteiger partial charge < -0.3 is 0 Å². The molecule has 9 heteroatoms. The first-order chi connectivity index (χ1) is 8.08. The zero-order chi connectivity index (χ0) is 12.3. The van der Waals surface area contributed by atoms with Crippen LogP contribution in [0.25, 0.3) is 0 Å². The molecule has 0 atom stereocenters. The molecule has 0 fully saturated rings. The van der Waals surface area contributed by atoms with E-state index in [1.165, 1.54) is 11.3 Å². The molecule has 0 saturated carbocycles. The summed E-state index contributed by atoms with van der Waals surface area (Å²) >= 11 is 6.85. The molecule has 6 nitrogen and oxygen atoms in total. The maximum Gasteiger partial charge on any atom is 0.243 e. The Kier molecular flexibility index (Phi) is 3.67. The molecule has 17 heavy (non-hydrogen) atoms. The molecule has 2 aromatic rings. The van der Waals surface area contributed by atoms with E-state index in [1.54, 1.807) is 11.7 Å². The Bertz CT molecular complexity index is 582. The average Bonchev–Trinajstić information content (AvgIpc) is 2.80. The highest BCUT2D eigenvalue weighted by molar-refractivity contribution is 7.89. The number of nitrogens with zero attached hydrogens (tertiary/aromatic N) is 3. The third-order valence-corrected chi connectivity index (χ3v) is 4.16. The summed E-state index contributed by atoms with van der Waals surface area (Å²) in [4.78, 5) is 11.9. The van der Waals surface area contributed by atoms with Crippen molar-refractivity contribution in [1.29, 1.82) is 0 Å². The fourth-order valence-electron chi connectivity index (χ4n) is 1.02. The van der Waals surface area contributed by atoms with E-state index in [4.69, 9.17) is 11.6 Å². The molecule has 2 heterocycles. The van der Waals surface area contributed by atoms with E-state index in [1.807, 2.05) is 0 Å². The molecule has 0 aliphatic heterocycles. The second kappa shape index (κ2) is 5.05. The molecule has 2 aromatic heterocycles. The van der Waals surface area contributed by atoms with Crippen molar-refractivity contribution in [2.45, 2.75) is 11.4 Å². The van der Waals surface area contributed by atoms with Crippen molar-refractivity contribution in [3.05, 3.63) is 34.3 Å². The largest absolute Gasteiger partial charge is 0.253 e. The van der Waals surface area contributed by atoms with Gasteiger partial charge in [-0.1, -0.05) is 0 Å². The molecule has 1 N–H and O–H groups in total. The van der Waals surface area contributed by atoms with Crippen molar-refractivity contribution in [1.82, 2.24) is 19.7 Å². The van der Waals surface area contributed by atoms with Gasteiger partial charge in [-0.15, -0.1) is 11.3 Å². The van der Waals surface area contributed by atoms with Crippen molar-refractivity contribution >= 4 is 33.0 Å². The number of rotatable bonds is 4. The van der Waals surface area contributed by atoms with Crippen LogP contribution in [-0.4, -0.2) is 23.4 Å². The Morgan fingerprint density at radius 2 is 2.00 bits per heavy atom. The first-order valence-electron chi connectivity index (χ1n) is 4.42. The van der Waals surface area contributed by atoms with E-state index in [0.717, 1.165) is 17.3 Å². The van der Waals surface area contributed by atoms with E-state index in [9.17, 15) is 8.42 Å². The van der Waals surface area contributed by atoms with Crippen LogP contribution >= 0.6 is 22.9 Å². The summed E-state index contributed by atoms with van der Waals surface area (Å²) in [6.45, 7) is 0.190. The number of halogens is 1. The summed E-state index contributed by atoms with van der Waals surface area (Å²) in [5, 5.41) is 0.00593. The summed E-state index contributed by atoms with van der Waals surface area (Å²) < 4.78 is 26.0. The normalized spacial score (nSPS) is 11.6. The van der Waals surface area contributed by atoms with Gasteiger partial charge in [0.25, 0.3) is 0 Å². The van der Waals surface area contributed by atoms with Crippen molar-refractivity contribution < 1.29 is 8.42 Å². The highest BCUT2D eigenvalue weighted by atomic mass is 35.5. The molecule has 0 amide bonds. The number of hydrogen-bond acceptors (Lipinski definition) is 6. The van der Waals surface area contributed by atoms with Crippen LogP contribution in [0, 0.1) is 0 Å². The lowest BCUT2D eigenvalue weighted by Crippen LogP contribution is -2.23. The zero-order valence-electron chi connectivity index (χ0n) is 8.37. The van der Waals surface area contributed by atoms with E-state index in [0.29, 0.717) is 0 Å². The first kappa shape index (κ1) is 12.4. The van der Waals surface area contributed by atoms with Gasteiger partial charge in [0.2, 0.25) is 15.3 Å². The minimum absolute atomic E-state index is 0.00593. The monoisotopic (exact) mass is 290 g/mol. The topological polar surface area (TPSA) is 84.8 Å². The van der Waals surface area contributed by atoms with Gasteiger partial charge in [-0.25, -0.2) is 23.1 Å². The second-order valence-corrected chi connectivity index (χ2v) is 6.06. The number of thiazole rings is 1. The van der Waals surface area contributed by atoms with Gasteiger partial charge in [-0.3, -0.25) is 4.98 Å². The van der Waals surface area contributed by atoms with Crippen LogP contribution in [0.1, 0.15) is 4.88 Å². The minimum atomic E-state index is -3.61. The maximum atomic E-state index is 11.8. The lowest BCUT2D eigenvalue weighted by molar-refractivity contribution is 0.581. The van der Waals surface area contributed by atoms with Gasteiger partial charge >= 0.3 is 0 Å². The van der Waals surface area contributed by atoms with Crippen LogP contribution in [0.4, 0.5) is 0 Å². The van der Waals surface area contributed by atoms with E-state index in [-0.39, 0.29) is 16.7 Å². The summed E-state index contributed by atoms with van der Waals surface area (Å²) in [5.41, 5.74) is 1.63. The fraction of sp³-hybridized carbons (Fsp3) is 0.125. The zero-order valence-corrected chi connectivity index (χ0v) is 10.8. The average molecular weight is 291 g/mol. The third kappa shape index (κ3) is 3.19. The summed E-state index contributed by atoms with van der Waals surface area (Å²) in [7, 11) is -3.61. The van der Waals surface area contributed by atoms with Gasteiger partial charge in [0.15, 0.2) is 0 Å². The highest BCUT2D eigenvalue weighted by Gasteiger charge is 2.14. The third-order valence-electron chi connectivity index (χ3n) is 1.83. The van der Waals surface area contributed by atoms with Crippen LogP contribution in [-0.2, 0) is 16.6 Å². The molecule has 0 radical (unpaired) electrons. The molecule has 0 aliphatic rings. The standard InChI is InChI=1S/C8H7ClN4O2S2/c9-8-11-3-7(4-12-8)17(14,15)13-2-6-1-10-5-16-6/h1,3-5,13H,2H2. The number of sulfonamides is 1. The SMILES string of the molecule is O=S(=O)(NCc1cncs1)c1cnc(Cl)nc1. The molecule has 0 aliphatic carbocycles. The number of hydrogen-bond donors (Lipinski definition) is 1. The smallest absolute Gasteiger partial charge is 0.243 e. The summed E-state index contributed by atoms with van der Waals surface area (Å²) in [6, 6.07) is 0. The first-order valence-corrected chi connectivity index (χ1v) is 7.16. The second-order valence-electron chi connectivity index (χ2n) is 2.98. The quantitative estimate of drug-likeness (QED) is 0.851. The minimum Gasteiger partial charge on any atom is -0.253 e. The molecule has 2 rings (SSSR count). The van der Waals surface area contributed by atoms with Crippen LogP contribution in [0.5, 0.6) is 0 Å². The molecule has 0 saturated heterocycles. The van der Waals surface area contributed by atoms with Gasteiger partial charge in [-0.2, -0.15) is 0 Å². The Morgan fingerprint density at radius 3 is 2.59 bits per heavy atom. The van der Waals surface area contributed by atoms with Crippen molar-refractivity contribution in [3.63, 3.8) is 0 Å². The van der Waals surface area contributed by atoms with Crippen LogP contribution < -0.4 is 4.72 Å². The van der Waals surface area contributed by atoms with Gasteiger partial charge in [-0.05, 0) is 11.6 Å². The molecular formula is C8H7ClN4O2S2. The van der Waals surface area contributed by atoms with E-state index in [2.05, 4.69) is 19.7 Å². The lowest BCUT2D eigenvalue weighted by atomic mass is 10.6. The van der Waals surface area contributed by atoms with Crippen molar-refractivity contribution in [2.75, 3.05) is 0 Å². The predicted molar refractivity (Wildman–Crippen MR) is 63.2 cm³/mol. The molecule has 0 spiro atoms. The maximum absolute atomic E-state index is 11.8. The molecule has 0 aromatic carbocycles. The molecule has 0 bridgehead atoms. The molecule has 90 valence electrons. The number of aromatic nitrogens is 3. The Morgan fingerprint density at radius 1 is 1.29 bits per heavy atom. The van der Waals surface area contributed by atoms with Gasteiger partial charge in [0.1, 0.15) is 4.90 Å².